The fourth-order valence-corrected chi connectivity index (χ4v) is 5.90. The molecule has 35 heavy (non-hydrogen) atoms. The molecule has 1 aliphatic rings. The van der Waals surface area contributed by atoms with Crippen molar-refractivity contribution in [2.24, 2.45) is 13.0 Å². The lowest BCUT2D eigenvalue weighted by Crippen LogP contribution is -2.27. The molecule has 0 aliphatic carbocycles. The van der Waals surface area contributed by atoms with Gasteiger partial charge in [0.05, 0.1) is 39.0 Å². The van der Waals surface area contributed by atoms with Crippen LogP contribution in [0.4, 0.5) is 0 Å². The maximum atomic E-state index is 6.80. The van der Waals surface area contributed by atoms with Crippen molar-refractivity contribution in [3.8, 4) is 11.3 Å². The molecule has 0 spiro atoms. The topological polar surface area (TPSA) is 70.7 Å². The molecule has 0 radical (unpaired) electrons. The number of rotatable bonds is 4. The molecule has 5 aromatic rings. The number of benzene rings is 1. The number of aromatic nitrogens is 6. The molecule has 0 N–H and O–H groups in total. The summed E-state index contributed by atoms with van der Waals surface area (Å²) in [5.74, 6) is 0.351. The van der Waals surface area contributed by atoms with Crippen molar-refractivity contribution in [1.82, 2.24) is 29.5 Å². The van der Waals surface area contributed by atoms with Crippen molar-refractivity contribution < 1.29 is 4.74 Å². The second-order valence-electron chi connectivity index (χ2n) is 9.03. The molecule has 1 aromatic carbocycles. The Morgan fingerprint density at radius 3 is 2.54 bits per heavy atom. The molecular weight excluding hydrogens is 483 g/mol. The fourth-order valence-electron chi connectivity index (χ4n) is 5.44. The van der Waals surface area contributed by atoms with Crippen molar-refractivity contribution in [2.75, 3.05) is 13.2 Å². The molecule has 4 aromatic heterocycles. The summed E-state index contributed by atoms with van der Waals surface area (Å²) >= 11 is 13.5. The molecule has 1 saturated heterocycles. The predicted molar refractivity (Wildman–Crippen MR) is 138 cm³/mol. The van der Waals surface area contributed by atoms with Gasteiger partial charge in [-0.3, -0.25) is 4.98 Å². The Labute approximate surface area is 212 Å². The molecule has 1 aliphatic heterocycles. The number of ether oxygens (including phenoxy) is 1. The Kier molecular flexibility index (Phi) is 5.71. The van der Waals surface area contributed by atoms with Crippen LogP contribution in [0.2, 0.25) is 10.2 Å². The first-order valence-electron chi connectivity index (χ1n) is 11.7. The van der Waals surface area contributed by atoms with Gasteiger partial charge in [0.1, 0.15) is 0 Å². The van der Waals surface area contributed by atoms with Gasteiger partial charge in [-0.25, -0.2) is 9.67 Å². The van der Waals surface area contributed by atoms with Crippen LogP contribution in [0, 0.1) is 12.8 Å². The quantitative estimate of drug-likeness (QED) is 0.279. The van der Waals surface area contributed by atoms with Crippen molar-refractivity contribution in [3.63, 3.8) is 0 Å². The lowest BCUT2D eigenvalue weighted by Gasteiger charge is -2.33. The third-order valence-electron chi connectivity index (χ3n) is 6.97. The first kappa shape index (κ1) is 22.5. The molecule has 0 amide bonds. The van der Waals surface area contributed by atoms with Crippen LogP contribution in [-0.4, -0.2) is 42.7 Å². The van der Waals surface area contributed by atoms with E-state index in [4.69, 9.17) is 32.9 Å². The van der Waals surface area contributed by atoms with Gasteiger partial charge in [-0.2, -0.15) is 0 Å². The molecule has 5 heterocycles. The zero-order chi connectivity index (χ0) is 24.1. The highest BCUT2D eigenvalue weighted by Gasteiger charge is 2.32. The smallest absolute Gasteiger partial charge is 0.153 e. The van der Waals surface area contributed by atoms with Gasteiger partial charge in [0.25, 0.3) is 0 Å². The Hall–Kier alpha value is -3.00. The summed E-state index contributed by atoms with van der Waals surface area (Å²) in [4.78, 5) is 9.33. The van der Waals surface area contributed by atoms with E-state index in [0.717, 1.165) is 64.9 Å². The summed E-state index contributed by atoms with van der Waals surface area (Å²) in [6, 6.07) is 12.7. The number of halogens is 2. The Morgan fingerprint density at radius 2 is 1.83 bits per heavy atom. The lowest BCUT2D eigenvalue weighted by molar-refractivity contribution is 0.0553. The Balaban J connectivity index is 1.71. The van der Waals surface area contributed by atoms with Gasteiger partial charge in [0.2, 0.25) is 0 Å². The summed E-state index contributed by atoms with van der Waals surface area (Å²) in [6.07, 6.45) is 5.36. The van der Waals surface area contributed by atoms with Crippen LogP contribution in [0.5, 0.6) is 0 Å². The summed E-state index contributed by atoms with van der Waals surface area (Å²) in [7, 11) is 1.89. The predicted octanol–water partition coefficient (Wildman–Crippen LogP) is 6.01. The van der Waals surface area contributed by atoms with Gasteiger partial charge in [-0.1, -0.05) is 58.7 Å². The van der Waals surface area contributed by atoms with E-state index in [1.54, 1.807) is 10.9 Å². The standard InChI is InChI=1S/C26H24Cl2N6O/c1-15-23(33(2)32-31-15)18-12-20-22(29-13-18)21-19(27)14-30-26(28)25(21)34(20)24(16-6-4-3-5-7-16)17-8-10-35-11-9-17/h3-7,12-14,17,24H,8-11H2,1-2H3/t24-/m1/s1. The minimum Gasteiger partial charge on any atom is -0.381 e. The van der Waals surface area contributed by atoms with Crippen LogP contribution < -0.4 is 0 Å². The zero-order valence-corrected chi connectivity index (χ0v) is 21.0. The number of fused-ring (bicyclic) bond motifs is 3. The number of hydrogen-bond acceptors (Lipinski definition) is 5. The van der Waals surface area contributed by atoms with Crippen LogP contribution in [0.3, 0.4) is 0 Å². The average Bonchev–Trinajstić information content (AvgIpc) is 3.40. The van der Waals surface area contributed by atoms with Crippen molar-refractivity contribution in [1.29, 1.82) is 0 Å². The molecule has 178 valence electrons. The van der Waals surface area contributed by atoms with Crippen LogP contribution in [0.15, 0.2) is 48.8 Å². The van der Waals surface area contributed by atoms with E-state index in [1.807, 2.05) is 26.2 Å². The third-order valence-corrected chi connectivity index (χ3v) is 7.53. The molecule has 0 unspecified atom stereocenters. The van der Waals surface area contributed by atoms with E-state index < -0.39 is 0 Å². The number of nitrogens with zero attached hydrogens (tertiary/aromatic N) is 6. The van der Waals surface area contributed by atoms with Crippen molar-refractivity contribution >= 4 is 45.1 Å². The summed E-state index contributed by atoms with van der Waals surface area (Å²) in [5.41, 5.74) is 6.48. The minimum atomic E-state index is 0.0145. The lowest BCUT2D eigenvalue weighted by atomic mass is 9.86. The Bertz CT molecular complexity index is 1520. The molecule has 1 atom stereocenters. The highest BCUT2D eigenvalue weighted by Crippen LogP contribution is 2.44. The normalized spacial score (nSPS) is 15.8. The van der Waals surface area contributed by atoms with E-state index in [1.165, 1.54) is 5.56 Å². The first-order chi connectivity index (χ1) is 17.0. The van der Waals surface area contributed by atoms with Crippen LogP contribution in [0.25, 0.3) is 33.2 Å². The highest BCUT2D eigenvalue weighted by atomic mass is 35.5. The second-order valence-corrected chi connectivity index (χ2v) is 9.80. The number of aryl methyl sites for hydroxylation is 2. The van der Waals surface area contributed by atoms with Gasteiger partial charge >= 0.3 is 0 Å². The monoisotopic (exact) mass is 506 g/mol. The molecule has 0 saturated carbocycles. The van der Waals surface area contributed by atoms with E-state index in [0.29, 0.717) is 16.1 Å². The SMILES string of the molecule is Cc1nnn(C)c1-c1cnc2c3c(Cl)cnc(Cl)c3n([C@H](c3ccccc3)C3CCOCC3)c2c1. The molecule has 1 fully saturated rings. The summed E-state index contributed by atoms with van der Waals surface area (Å²) in [6.45, 7) is 3.43. The van der Waals surface area contributed by atoms with Gasteiger partial charge in [-0.15, -0.1) is 5.10 Å². The zero-order valence-electron chi connectivity index (χ0n) is 19.4. The van der Waals surface area contributed by atoms with Crippen LogP contribution in [0.1, 0.15) is 30.1 Å². The summed E-state index contributed by atoms with van der Waals surface area (Å²) in [5, 5.41) is 10.2. The van der Waals surface area contributed by atoms with Crippen molar-refractivity contribution in [3.05, 3.63) is 70.2 Å². The van der Waals surface area contributed by atoms with Crippen LogP contribution >= 0.6 is 23.2 Å². The molecule has 0 bridgehead atoms. The van der Waals surface area contributed by atoms with E-state index in [2.05, 4.69) is 50.2 Å². The van der Waals surface area contributed by atoms with Gasteiger partial charge in [0, 0.05) is 43.6 Å². The molecule has 9 heteroatoms. The highest BCUT2D eigenvalue weighted by molar-refractivity contribution is 6.41. The number of pyridine rings is 2. The van der Waals surface area contributed by atoms with Crippen LogP contribution in [-0.2, 0) is 11.8 Å². The third kappa shape index (κ3) is 3.69. The van der Waals surface area contributed by atoms with Crippen molar-refractivity contribution in [2.45, 2.75) is 25.8 Å². The van der Waals surface area contributed by atoms with Gasteiger partial charge in [-0.05, 0) is 37.3 Å². The van der Waals surface area contributed by atoms with E-state index in [-0.39, 0.29) is 6.04 Å². The van der Waals surface area contributed by atoms with Gasteiger partial charge in [0.15, 0.2) is 5.15 Å². The van der Waals surface area contributed by atoms with Gasteiger partial charge < -0.3 is 9.30 Å². The average molecular weight is 507 g/mol. The van der Waals surface area contributed by atoms with E-state index >= 15 is 0 Å². The maximum Gasteiger partial charge on any atom is 0.153 e. The Morgan fingerprint density at radius 1 is 1.06 bits per heavy atom. The largest absolute Gasteiger partial charge is 0.381 e. The second kappa shape index (κ2) is 8.90. The first-order valence-corrected chi connectivity index (χ1v) is 12.4. The summed E-state index contributed by atoms with van der Waals surface area (Å²) < 4.78 is 9.79. The molecule has 7 nitrogen and oxygen atoms in total. The van der Waals surface area contributed by atoms with E-state index in [9.17, 15) is 0 Å². The maximum absolute atomic E-state index is 6.80. The fraction of sp³-hybridized carbons (Fsp3) is 0.308. The molecular formula is C26H24Cl2N6O. The minimum absolute atomic E-state index is 0.0145. The molecule has 6 rings (SSSR count). The number of hydrogen-bond donors (Lipinski definition) is 0.